The maximum absolute atomic E-state index is 11.9. The van der Waals surface area contributed by atoms with Crippen LogP contribution in [0.15, 0.2) is 48.5 Å². The molecule has 0 unspecified atom stereocenters. The minimum atomic E-state index is -0.222. The topological polar surface area (TPSA) is 67.4 Å². The summed E-state index contributed by atoms with van der Waals surface area (Å²) >= 11 is 0. The van der Waals surface area contributed by atoms with Crippen LogP contribution in [0.5, 0.6) is 5.75 Å². The van der Waals surface area contributed by atoms with Crippen molar-refractivity contribution < 1.29 is 14.3 Å². The number of ether oxygens (including phenoxy) is 1. The van der Waals surface area contributed by atoms with Crippen molar-refractivity contribution in [2.24, 2.45) is 0 Å². The Labute approximate surface area is 129 Å². The third-order valence-corrected chi connectivity index (χ3v) is 2.96. The highest BCUT2D eigenvalue weighted by atomic mass is 16.5. The standard InChI is InChI=1S/C17H18N2O3/c1-12-5-3-4-6-16(12)19-17(21)11-22-15-9-7-14(8-10-15)18-13(2)20/h3-10H,11H2,1-2H3,(H,18,20)(H,19,21). The first kappa shape index (κ1) is 15.6. The fourth-order valence-electron chi connectivity index (χ4n) is 1.89. The molecule has 0 aliphatic carbocycles. The van der Waals surface area contributed by atoms with E-state index >= 15 is 0 Å². The summed E-state index contributed by atoms with van der Waals surface area (Å²) in [4.78, 5) is 22.8. The molecule has 0 heterocycles. The van der Waals surface area contributed by atoms with E-state index in [0.717, 1.165) is 11.3 Å². The summed E-state index contributed by atoms with van der Waals surface area (Å²) in [6.45, 7) is 3.30. The Bertz CT molecular complexity index is 666. The van der Waals surface area contributed by atoms with E-state index in [2.05, 4.69) is 10.6 Å². The minimum Gasteiger partial charge on any atom is -0.484 e. The first-order valence-corrected chi connectivity index (χ1v) is 6.90. The van der Waals surface area contributed by atoms with E-state index in [9.17, 15) is 9.59 Å². The number of hydrogen-bond donors (Lipinski definition) is 2. The van der Waals surface area contributed by atoms with Crippen LogP contribution in [0.1, 0.15) is 12.5 Å². The van der Waals surface area contributed by atoms with Crippen LogP contribution in [-0.2, 0) is 9.59 Å². The van der Waals surface area contributed by atoms with Crippen LogP contribution in [0.25, 0.3) is 0 Å². The lowest BCUT2D eigenvalue weighted by atomic mass is 10.2. The number of para-hydroxylation sites is 1. The highest BCUT2D eigenvalue weighted by molar-refractivity contribution is 5.92. The Morgan fingerprint density at radius 2 is 1.68 bits per heavy atom. The number of carbonyl (C=O) groups is 2. The summed E-state index contributed by atoms with van der Waals surface area (Å²) in [7, 11) is 0. The number of nitrogens with one attached hydrogen (secondary N) is 2. The molecule has 0 bridgehead atoms. The van der Waals surface area contributed by atoms with Crippen molar-refractivity contribution in [3.05, 3.63) is 54.1 Å². The minimum absolute atomic E-state index is 0.0756. The van der Waals surface area contributed by atoms with E-state index < -0.39 is 0 Å². The molecule has 0 saturated heterocycles. The Kier molecular flexibility index (Phi) is 5.14. The van der Waals surface area contributed by atoms with E-state index in [1.807, 2.05) is 31.2 Å². The van der Waals surface area contributed by atoms with Gasteiger partial charge in [0.2, 0.25) is 5.91 Å². The van der Waals surface area contributed by atoms with E-state index in [1.165, 1.54) is 6.92 Å². The zero-order valence-electron chi connectivity index (χ0n) is 12.6. The molecular formula is C17H18N2O3. The monoisotopic (exact) mass is 298 g/mol. The largest absolute Gasteiger partial charge is 0.484 e. The molecule has 2 amide bonds. The molecule has 5 heteroatoms. The number of amides is 2. The molecule has 0 fully saturated rings. The number of aryl methyl sites for hydroxylation is 1. The molecule has 0 aromatic heterocycles. The molecule has 2 aromatic carbocycles. The second kappa shape index (κ2) is 7.26. The smallest absolute Gasteiger partial charge is 0.262 e. The van der Waals surface area contributed by atoms with Crippen molar-refractivity contribution in [2.45, 2.75) is 13.8 Å². The van der Waals surface area contributed by atoms with Gasteiger partial charge in [-0.1, -0.05) is 18.2 Å². The molecule has 5 nitrogen and oxygen atoms in total. The van der Waals surface area contributed by atoms with E-state index in [-0.39, 0.29) is 18.4 Å². The number of carbonyl (C=O) groups excluding carboxylic acids is 2. The fourth-order valence-corrected chi connectivity index (χ4v) is 1.89. The molecule has 0 atom stereocenters. The zero-order valence-corrected chi connectivity index (χ0v) is 12.6. The van der Waals surface area contributed by atoms with Gasteiger partial charge in [0, 0.05) is 18.3 Å². The second-order valence-corrected chi connectivity index (χ2v) is 4.86. The van der Waals surface area contributed by atoms with Crippen molar-refractivity contribution in [2.75, 3.05) is 17.2 Å². The van der Waals surface area contributed by atoms with Gasteiger partial charge in [0.1, 0.15) is 5.75 Å². The quantitative estimate of drug-likeness (QED) is 0.891. The lowest BCUT2D eigenvalue weighted by Crippen LogP contribution is -2.20. The first-order chi connectivity index (χ1) is 10.5. The number of anilines is 2. The lowest BCUT2D eigenvalue weighted by Gasteiger charge is -2.10. The SMILES string of the molecule is CC(=O)Nc1ccc(OCC(=O)Nc2ccccc2C)cc1. The predicted octanol–water partition coefficient (Wildman–Crippen LogP) is 2.97. The van der Waals surface area contributed by atoms with Crippen LogP contribution in [0.3, 0.4) is 0 Å². The van der Waals surface area contributed by atoms with Gasteiger partial charge >= 0.3 is 0 Å². The number of benzene rings is 2. The van der Waals surface area contributed by atoms with Crippen molar-refractivity contribution in [3.8, 4) is 5.75 Å². The lowest BCUT2D eigenvalue weighted by molar-refractivity contribution is -0.118. The summed E-state index contributed by atoms with van der Waals surface area (Å²) in [6.07, 6.45) is 0. The van der Waals surface area contributed by atoms with Gasteiger partial charge in [-0.05, 0) is 42.8 Å². The van der Waals surface area contributed by atoms with Gasteiger partial charge < -0.3 is 15.4 Å². The van der Waals surface area contributed by atoms with Crippen LogP contribution in [-0.4, -0.2) is 18.4 Å². The summed E-state index contributed by atoms with van der Waals surface area (Å²) in [6, 6.07) is 14.4. The fraction of sp³-hybridized carbons (Fsp3) is 0.176. The zero-order chi connectivity index (χ0) is 15.9. The molecule has 0 saturated carbocycles. The summed E-state index contributed by atoms with van der Waals surface area (Å²) < 4.78 is 5.42. The normalized spacial score (nSPS) is 9.91. The Morgan fingerprint density at radius 3 is 2.32 bits per heavy atom. The van der Waals surface area contributed by atoms with Crippen LogP contribution in [0.2, 0.25) is 0 Å². The van der Waals surface area contributed by atoms with Gasteiger partial charge in [0.15, 0.2) is 6.61 Å². The summed E-state index contributed by atoms with van der Waals surface area (Å²) in [5, 5.41) is 5.46. The Hall–Kier alpha value is -2.82. The molecule has 2 rings (SSSR count). The molecule has 114 valence electrons. The first-order valence-electron chi connectivity index (χ1n) is 6.90. The summed E-state index contributed by atoms with van der Waals surface area (Å²) in [5.41, 5.74) is 2.46. The van der Waals surface area contributed by atoms with Crippen molar-refractivity contribution >= 4 is 23.2 Å². The second-order valence-electron chi connectivity index (χ2n) is 4.86. The molecule has 0 aliphatic heterocycles. The van der Waals surface area contributed by atoms with Gasteiger partial charge in [-0.3, -0.25) is 9.59 Å². The van der Waals surface area contributed by atoms with Gasteiger partial charge in [0.05, 0.1) is 0 Å². The van der Waals surface area contributed by atoms with E-state index in [0.29, 0.717) is 11.4 Å². The van der Waals surface area contributed by atoms with Crippen molar-refractivity contribution in [1.29, 1.82) is 0 Å². The van der Waals surface area contributed by atoms with Gasteiger partial charge in [-0.15, -0.1) is 0 Å². The van der Waals surface area contributed by atoms with Gasteiger partial charge in [-0.25, -0.2) is 0 Å². The van der Waals surface area contributed by atoms with Crippen LogP contribution >= 0.6 is 0 Å². The molecular weight excluding hydrogens is 280 g/mol. The molecule has 0 radical (unpaired) electrons. The predicted molar refractivity (Wildman–Crippen MR) is 86.0 cm³/mol. The Morgan fingerprint density at radius 1 is 1.00 bits per heavy atom. The Balaban J connectivity index is 1.86. The molecule has 2 aromatic rings. The average molecular weight is 298 g/mol. The average Bonchev–Trinajstić information content (AvgIpc) is 2.48. The summed E-state index contributed by atoms with van der Waals surface area (Å²) in [5.74, 6) is 0.209. The highest BCUT2D eigenvalue weighted by Gasteiger charge is 2.05. The van der Waals surface area contributed by atoms with E-state index in [1.54, 1.807) is 24.3 Å². The van der Waals surface area contributed by atoms with Crippen molar-refractivity contribution in [1.82, 2.24) is 0 Å². The molecule has 0 aliphatic rings. The van der Waals surface area contributed by atoms with Crippen LogP contribution in [0, 0.1) is 6.92 Å². The number of rotatable bonds is 5. The van der Waals surface area contributed by atoms with Crippen molar-refractivity contribution in [3.63, 3.8) is 0 Å². The van der Waals surface area contributed by atoms with E-state index in [4.69, 9.17) is 4.74 Å². The molecule has 0 spiro atoms. The molecule has 22 heavy (non-hydrogen) atoms. The molecule has 2 N–H and O–H groups in total. The highest BCUT2D eigenvalue weighted by Crippen LogP contribution is 2.16. The van der Waals surface area contributed by atoms with Crippen LogP contribution in [0.4, 0.5) is 11.4 Å². The number of hydrogen-bond acceptors (Lipinski definition) is 3. The third kappa shape index (κ3) is 4.63. The van der Waals surface area contributed by atoms with Gasteiger partial charge in [-0.2, -0.15) is 0 Å². The van der Waals surface area contributed by atoms with Crippen LogP contribution < -0.4 is 15.4 Å². The maximum Gasteiger partial charge on any atom is 0.262 e. The maximum atomic E-state index is 11.9. The van der Waals surface area contributed by atoms with Gasteiger partial charge in [0.25, 0.3) is 5.91 Å². The third-order valence-electron chi connectivity index (χ3n) is 2.96.